The summed E-state index contributed by atoms with van der Waals surface area (Å²) in [4.78, 5) is 4.38. The van der Waals surface area contributed by atoms with E-state index in [1.54, 1.807) is 6.07 Å². The van der Waals surface area contributed by atoms with Crippen molar-refractivity contribution in [2.24, 2.45) is 0 Å². The Morgan fingerprint density at radius 2 is 2.16 bits per heavy atom. The lowest BCUT2D eigenvalue weighted by Crippen LogP contribution is -2.37. The second-order valence-corrected chi connectivity index (χ2v) is 5.20. The molecule has 2 N–H and O–H groups in total. The standard InChI is InChI=1S/C14H16N4O/c1-14(5-7-19-8-6-14)18-11-4-2-3-10(9-15)12(11)17-13(18)16/h2-4H,5-8H2,1H3,(H2,16,17). The highest BCUT2D eigenvalue weighted by molar-refractivity contribution is 5.84. The van der Waals surface area contributed by atoms with Gasteiger partial charge >= 0.3 is 0 Å². The van der Waals surface area contributed by atoms with Crippen LogP contribution in [0.25, 0.3) is 11.0 Å². The molecule has 0 radical (unpaired) electrons. The van der Waals surface area contributed by atoms with Gasteiger partial charge in [0.2, 0.25) is 5.95 Å². The van der Waals surface area contributed by atoms with Gasteiger partial charge in [-0.3, -0.25) is 0 Å². The van der Waals surface area contributed by atoms with Crippen molar-refractivity contribution in [3.8, 4) is 6.07 Å². The van der Waals surface area contributed by atoms with Gasteiger partial charge < -0.3 is 15.0 Å². The molecule has 2 heterocycles. The monoisotopic (exact) mass is 256 g/mol. The fraction of sp³-hybridized carbons (Fsp3) is 0.429. The number of nitrogen functional groups attached to an aromatic ring is 1. The number of anilines is 1. The van der Waals surface area contributed by atoms with Crippen molar-refractivity contribution in [3.05, 3.63) is 23.8 Å². The van der Waals surface area contributed by atoms with Gasteiger partial charge in [-0.1, -0.05) is 6.07 Å². The van der Waals surface area contributed by atoms with Crippen LogP contribution in [0.3, 0.4) is 0 Å². The molecular formula is C14H16N4O. The second-order valence-electron chi connectivity index (χ2n) is 5.20. The summed E-state index contributed by atoms with van der Waals surface area (Å²) in [6.07, 6.45) is 1.80. The van der Waals surface area contributed by atoms with Gasteiger partial charge in [0.15, 0.2) is 0 Å². The molecule has 5 heteroatoms. The van der Waals surface area contributed by atoms with Crippen molar-refractivity contribution in [2.45, 2.75) is 25.3 Å². The molecule has 0 saturated carbocycles. The number of hydrogen-bond donors (Lipinski definition) is 1. The SMILES string of the molecule is CC1(n2c(N)nc3c(C#N)cccc32)CCOCC1. The zero-order valence-electron chi connectivity index (χ0n) is 10.9. The highest BCUT2D eigenvalue weighted by Gasteiger charge is 2.32. The molecule has 0 atom stereocenters. The fourth-order valence-corrected chi connectivity index (χ4v) is 2.81. The minimum atomic E-state index is -0.0921. The first-order valence-corrected chi connectivity index (χ1v) is 6.41. The summed E-state index contributed by atoms with van der Waals surface area (Å²) in [5.41, 5.74) is 8.19. The number of nitriles is 1. The molecule has 3 rings (SSSR count). The van der Waals surface area contributed by atoms with Gasteiger partial charge in [-0.2, -0.15) is 5.26 Å². The number of aromatic nitrogens is 2. The molecule has 0 amide bonds. The number of nitrogens with two attached hydrogens (primary N) is 1. The Bertz CT molecular complexity index is 662. The molecule has 1 aliphatic heterocycles. The average Bonchev–Trinajstić information content (AvgIpc) is 2.76. The highest BCUT2D eigenvalue weighted by atomic mass is 16.5. The van der Waals surface area contributed by atoms with Crippen LogP contribution in [0.15, 0.2) is 18.2 Å². The summed E-state index contributed by atoms with van der Waals surface area (Å²) in [5.74, 6) is 0.474. The number of hydrogen-bond acceptors (Lipinski definition) is 4. The number of ether oxygens (including phenoxy) is 1. The maximum atomic E-state index is 9.15. The Morgan fingerprint density at radius 3 is 2.84 bits per heavy atom. The van der Waals surface area contributed by atoms with Crippen LogP contribution in [0.2, 0.25) is 0 Å². The van der Waals surface area contributed by atoms with Gasteiger partial charge in [0, 0.05) is 18.8 Å². The summed E-state index contributed by atoms with van der Waals surface area (Å²) in [5, 5.41) is 9.15. The van der Waals surface area contributed by atoms with Crippen molar-refractivity contribution >= 4 is 17.0 Å². The molecule has 1 aromatic carbocycles. The molecule has 1 aromatic heterocycles. The molecule has 1 saturated heterocycles. The van der Waals surface area contributed by atoms with Crippen LogP contribution in [0.5, 0.6) is 0 Å². The molecule has 19 heavy (non-hydrogen) atoms. The molecule has 98 valence electrons. The third kappa shape index (κ3) is 1.76. The number of nitrogens with zero attached hydrogens (tertiary/aromatic N) is 3. The summed E-state index contributed by atoms with van der Waals surface area (Å²) in [7, 11) is 0. The van der Waals surface area contributed by atoms with Gasteiger partial charge in [0.25, 0.3) is 0 Å². The van der Waals surface area contributed by atoms with Crippen LogP contribution < -0.4 is 5.73 Å². The van der Waals surface area contributed by atoms with E-state index in [0.717, 1.165) is 31.6 Å². The molecule has 0 aliphatic carbocycles. The topological polar surface area (TPSA) is 76.9 Å². The van der Waals surface area contributed by atoms with E-state index in [4.69, 9.17) is 15.7 Å². The third-order valence-electron chi connectivity index (χ3n) is 3.94. The minimum absolute atomic E-state index is 0.0921. The first kappa shape index (κ1) is 12.0. The lowest BCUT2D eigenvalue weighted by molar-refractivity contribution is 0.0320. The van der Waals surface area contributed by atoms with Crippen LogP contribution in [0.4, 0.5) is 5.95 Å². The number of rotatable bonds is 1. The van der Waals surface area contributed by atoms with E-state index >= 15 is 0 Å². The summed E-state index contributed by atoms with van der Waals surface area (Å²) < 4.78 is 7.49. The molecule has 2 aromatic rings. The van der Waals surface area contributed by atoms with E-state index in [1.165, 1.54) is 0 Å². The average molecular weight is 256 g/mol. The van der Waals surface area contributed by atoms with Gasteiger partial charge in [-0.05, 0) is 31.9 Å². The Labute approximate surface area is 111 Å². The van der Waals surface area contributed by atoms with E-state index < -0.39 is 0 Å². The predicted molar refractivity (Wildman–Crippen MR) is 72.6 cm³/mol. The Balaban J connectivity index is 2.24. The van der Waals surface area contributed by atoms with Crippen molar-refractivity contribution in [1.29, 1.82) is 5.26 Å². The fourth-order valence-electron chi connectivity index (χ4n) is 2.81. The Morgan fingerprint density at radius 1 is 1.42 bits per heavy atom. The molecule has 5 nitrogen and oxygen atoms in total. The number of imidazole rings is 1. The minimum Gasteiger partial charge on any atom is -0.381 e. The maximum absolute atomic E-state index is 9.15. The first-order chi connectivity index (χ1) is 9.15. The lowest BCUT2D eigenvalue weighted by Gasteiger charge is -2.36. The van der Waals surface area contributed by atoms with Gasteiger partial charge in [0.05, 0.1) is 11.1 Å². The van der Waals surface area contributed by atoms with Crippen LogP contribution in [0, 0.1) is 11.3 Å². The molecule has 0 bridgehead atoms. The molecule has 1 fully saturated rings. The summed E-state index contributed by atoms with van der Waals surface area (Å²) >= 11 is 0. The summed E-state index contributed by atoms with van der Waals surface area (Å²) in [6, 6.07) is 7.79. The highest BCUT2D eigenvalue weighted by Crippen LogP contribution is 2.35. The third-order valence-corrected chi connectivity index (χ3v) is 3.94. The molecular weight excluding hydrogens is 240 g/mol. The number of benzene rings is 1. The zero-order chi connectivity index (χ0) is 13.5. The van der Waals surface area contributed by atoms with Gasteiger partial charge in [-0.15, -0.1) is 0 Å². The van der Waals surface area contributed by atoms with Crippen LogP contribution in [0.1, 0.15) is 25.3 Å². The van der Waals surface area contributed by atoms with Gasteiger partial charge in [-0.25, -0.2) is 4.98 Å². The zero-order valence-corrected chi connectivity index (χ0v) is 10.9. The van der Waals surface area contributed by atoms with E-state index in [-0.39, 0.29) is 5.54 Å². The second kappa shape index (κ2) is 4.25. The van der Waals surface area contributed by atoms with Crippen LogP contribution in [-0.2, 0) is 10.3 Å². The van der Waals surface area contributed by atoms with Crippen LogP contribution in [-0.4, -0.2) is 22.8 Å². The smallest absolute Gasteiger partial charge is 0.201 e. The van der Waals surface area contributed by atoms with Crippen molar-refractivity contribution < 1.29 is 4.74 Å². The van der Waals surface area contributed by atoms with E-state index in [0.29, 0.717) is 17.0 Å². The lowest BCUT2D eigenvalue weighted by atomic mass is 9.92. The Hall–Kier alpha value is -2.06. The summed E-state index contributed by atoms with van der Waals surface area (Å²) in [6.45, 7) is 3.63. The Kier molecular flexibility index (Phi) is 2.68. The van der Waals surface area contributed by atoms with Crippen LogP contribution >= 0.6 is 0 Å². The normalized spacial score (nSPS) is 18.3. The number of fused-ring (bicyclic) bond motifs is 1. The molecule has 0 unspecified atom stereocenters. The maximum Gasteiger partial charge on any atom is 0.201 e. The van der Waals surface area contributed by atoms with Gasteiger partial charge in [0.1, 0.15) is 11.6 Å². The molecule has 1 aliphatic rings. The number of para-hydroxylation sites is 1. The largest absolute Gasteiger partial charge is 0.381 e. The van der Waals surface area contributed by atoms with E-state index in [9.17, 15) is 0 Å². The van der Waals surface area contributed by atoms with Crippen molar-refractivity contribution in [3.63, 3.8) is 0 Å². The quantitative estimate of drug-likeness (QED) is 0.846. The van der Waals surface area contributed by atoms with Crippen molar-refractivity contribution in [2.75, 3.05) is 18.9 Å². The van der Waals surface area contributed by atoms with Crippen molar-refractivity contribution in [1.82, 2.24) is 9.55 Å². The van der Waals surface area contributed by atoms with E-state index in [2.05, 4.69) is 22.5 Å². The molecule has 0 spiro atoms. The first-order valence-electron chi connectivity index (χ1n) is 6.41. The van der Waals surface area contributed by atoms with E-state index in [1.807, 2.05) is 12.1 Å². The predicted octanol–water partition coefficient (Wildman–Crippen LogP) is 2.02.